The van der Waals surface area contributed by atoms with Crippen molar-refractivity contribution in [1.29, 1.82) is 0 Å². The second-order valence-corrected chi connectivity index (χ2v) is 3.23. The lowest BCUT2D eigenvalue weighted by Gasteiger charge is -2.09. The summed E-state index contributed by atoms with van der Waals surface area (Å²) in [5.74, 6) is -0.851. The van der Waals surface area contributed by atoms with E-state index in [1.807, 2.05) is 0 Å². The summed E-state index contributed by atoms with van der Waals surface area (Å²) in [7, 11) is 1.12. The van der Waals surface area contributed by atoms with E-state index in [9.17, 15) is 19.3 Å². The van der Waals surface area contributed by atoms with E-state index < -0.39 is 17.1 Å². The number of methoxy groups -OCH3 is 1. The molecule has 17 heavy (non-hydrogen) atoms. The molecule has 0 N–H and O–H groups in total. The number of nitrogens with zero attached hydrogens (tertiary/aromatic N) is 1. The number of carbonyl (C=O) groups is 1. The van der Waals surface area contributed by atoms with Crippen LogP contribution in [0.5, 0.6) is 0 Å². The number of rotatable bonds is 4. The molecule has 0 saturated heterocycles. The second kappa shape index (κ2) is 5.20. The summed E-state index contributed by atoms with van der Waals surface area (Å²) in [5, 5.41) is 10.4. The van der Waals surface area contributed by atoms with Crippen molar-refractivity contribution in [3.05, 3.63) is 52.1 Å². The SMILES string of the molecule is C=C(C(=O)OC)[C@H](F)c1ccc([N+](=O)[O-])cc1. The first kappa shape index (κ1) is 12.8. The van der Waals surface area contributed by atoms with Crippen LogP contribution in [0.15, 0.2) is 36.4 Å². The number of ether oxygens (including phenoxy) is 1. The average Bonchev–Trinajstić information content (AvgIpc) is 2.36. The lowest BCUT2D eigenvalue weighted by Crippen LogP contribution is -2.09. The van der Waals surface area contributed by atoms with Crippen molar-refractivity contribution in [3.8, 4) is 0 Å². The molecule has 1 atom stereocenters. The minimum atomic E-state index is -1.73. The highest BCUT2D eigenvalue weighted by Crippen LogP contribution is 2.26. The maximum Gasteiger partial charge on any atom is 0.336 e. The molecule has 1 aromatic carbocycles. The van der Waals surface area contributed by atoms with Crippen molar-refractivity contribution in [2.24, 2.45) is 0 Å². The third kappa shape index (κ3) is 2.87. The fourth-order valence-corrected chi connectivity index (χ4v) is 1.20. The third-order valence-electron chi connectivity index (χ3n) is 2.15. The first-order valence-corrected chi connectivity index (χ1v) is 4.63. The Balaban J connectivity index is 2.90. The number of halogens is 1. The van der Waals surface area contributed by atoms with Crippen LogP contribution in [0.3, 0.4) is 0 Å². The molecule has 6 heteroatoms. The largest absolute Gasteiger partial charge is 0.466 e. The highest BCUT2D eigenvalue weighted by atomic mass is 19.1. The molecule has 90 valence electrons. The van der Waals surface area contributed by atoms with Gasteiger partial charge in [-0.25, -0.2) is 9.18 Å². The number of nitro benzene ring substituents is 1. The van der Waals surface area contributed by atoms with Gasteiger partial charge in [-0.2, -0.15) is 0 Å². The van der Waals surface area contributed by atoms with E-state index in [1.54, 1.807) is 0 Å². The molecule has 0 aliphatic rings. The zero-order valence-electron chi connectivity index (χ0n) is 9.05. The van der Waals surface area contributed by atoms with Crippen molar-refractivity contribution in [2.45, 2.75) is 6.17 Å². The molecule has 1 rings (SSSR count). The number of esters is 1. The van der Waals surface area contributed by atoms with E-state index >= 15 is 0 Å². The summed E-state index contributed by atoms with van der Waals surface area (Å²) in [6.07, 6.45) is -1.73. The number of non-ortho nitro benzene ring substituents is 1. The number of carbonyl (C=O) groups excluding carboxylic acids is 1. The Kier molecular flexibility index (Phi) is 3.92. The molecule has 1 aromatic rings. The van der Waals surface area contributed by atoms with Gasteiger partial charge in [0.1, 0.15) is 0 Å². The topological polar surface area (TPSA) is 69.4 Å². The first-order chi connectivity index (χ1) is 7.97. The van der Waals surface area contributed by atoms with Crippen molar-refractivity contribution in [2.75, 3.05) is 7.11 Å². The number of alkyl halides is 1. The second-order valence-electron chi connectivity index (χ2n) is 3.23. The molecule has 0 aliphatic carbocycles. The quantitative estimate of drug-likeness (QED) is 0.350. The van der Waals surface area contributed by atoms with Gasteiger partial charge in [-0.15, -0.1) is 0 Å². The molecule has 0 saturated carbocycles. The van der Waals surface area contributed by atoms with E-state index in [-0.39, 0.29) is 16.8 Å². The predicted molar refractivity (Wildman–Crippen MR) is 58.1 cm³/mol. The Morgan fingerprint density at radius 3 is 2.41 bits per heavy atom. The Morgan fingerprint density at radius 2 is 2.00 bits per heavy atom. The molecular weight excluding hydrogens is 229 g/mol. The molecule has 0 amide bonds. The Labute approximate surface area is 96.7 Å². The summed E-state index contributed by atoms with van der Waals surface area (Å²) < 4.78 is 18.1. The van der Waals surface area contributed by atoms with Crippen LogP contribution in [0.1, 0.15) is 11.7 Å². The van der Waals surface area contributed by atoms with Gasteiger partial charge in [-0.3, -0.25) is 10.1 Å². The third-order valence-corrected chi connectivity index (χ3v) is 2.15. The van der Waals surface area contributed by atoms with Gasteiger partial charge < -0.3 is 4.74 Å². The Hall–Kier alpha value is -2.24. The smallest absolute Gasteiger partial charge is 0.336 e. The number of hydrogen-bond donors (Lipinski definition) is 0. The van der Waals surface area contributed by atoms with Gasteiger partial charge in [-0.1, -0.05) is 6.58 Å². The summed E-state index contributed by atoms with van der Waals surface area (Å²) in [4.78, 5) is 20.8. The lowest BCUT2D eigenvalue weighted by molar-refractivity contribution is -0.384. The fourth-order valence-electron chi connectivity index (χ4n) is 1.20. The molecule has 0 heterocycles. The molecule has 0 fully saturated rings. The molecule has 0 radical (unpaired) electrons. The number of benzene rings is 1. The van der Waals surface area contributed by atoms with Crippen LogP contribution < -0.4 is 0 Å². The van der Waals surface area contributed by atoms with E-state index in [2.05, 4.69) is 11.3 Å². The molecule has 0 aromatic heterocycles. The lowest BCUT2D eigenvalue weighted by atomic mass is 10.0. The minimum Gasteiger partial charge on any atom is -0.466 e. The minimum absolute atomic E-state index is 0.117. The average molecular weight is 239 g/mol. The zero-order chi connectivity index (χ0) is 13.0. The van der Waals surface area contributed by atoms with Gasteiger partial charge >= 0.3 is 5.97 Å². The van der Waals surface area contributed by atoms with E-state index in [4.69, 9.17) is 0 Å². The van der Waals surface area contributed by atoms with Gasteiger partial charge in [-0.05, 0) is 17.7 Å². The Bertz CT molecular complexity index is 455. The predicted octanol–water partition coefficient (Wildman–Crippen LogP) is 2.33. The van der Waals surface area contributed by atoms with Gasteiger partial charge in [0.2, 0.25) is 0 Å². The van der Waals surface area contributed by atoms with E-state index in [1.165, 1.54) is 12.1 Å². The zero-order valence-corrected chi connectivity index (χ0v) is 9.05. The molecule has 0 aliphatic heterocycles. The number of nitro groups is 1. The molecule has 0 bridgehead atoms. The maximum atomic E-state index is 13.7. The Morgan fingerprint density at radius 1 is 1.47 bits per heavy atom. The van der Waals surface area contributed by atoms with E-state index in [0.717, 1.165) is 19.2 Å². The van der Waals surface area contributed by atoms with Crippen LogP contribution in [0, 0.1) is 10.1 Å². The standard InChI is InChI=1S/C11H10FNO4/c1-7(11(14)17-2)10(12)8-3-5-9(6-4-8)13(15)16/h3-6,10H,1H2,2H3/t10-/m0/s1. The van der Waals surface area contributed by atoms with Crippen molar-refractivity contribution >= 4 is 11.7 Å². The summed E-state index contributed by atoms with van der Waals surface area (Å²) in [5.41, 5.74) is -0.378. The highest BCUT2D eigenvalue weighted by molar-refractivity contribution is 5.89. The van der Waals surface area contributed by atoms with Gasteiger partial charge in [0.05, 0.1) is 17.6 Å². The van der Waals surface area contributed by atoms with Crippen LogP contribution in [-0.2, 0) is 9.53 Å². The van der Waals surface area contributed by atoms with Gasteiger partial charge in [0.15, 0.2) is 6.17 Å². The summed E-state index contributed by atoms with van der Waals surface area (Å²) in [6.45, 7) is 3.28. The van der Waals surface area contributed by atoms with E-state index in [0.29, 0.717) is 0 Å². The van der Waals surface area contributed by atoms with Crippen molar-refractivity contribution in [1.82, 2.24) is 0 Å². The van der Waals surface area contributed by atoms with Crippen LogP contribution >= 0.6 is 0 Å². The summed E-state index contributed by atoms with van der Waals surface area (Å²) in [6, 6.07) is 4.78. The fraction of sp³-hybridized carbons (Fsp3) is 0.182. The van der Waals surface area contributed by atoms with Gasteiger partial charge in [0, 0.05) is 12.1 Å². The van der Waals surface area contributed by atoms with Crippen LogP contribution in [0.25, 0.3) is 0 Å². The van der Waals surface area contributed by atoms with Crippen molar-refractivity contribution < 1.29 is 18.8 Å². The van der Waals surface area contributed by atoms with Gasteiger partial charge in [0.25, 0.3) is 5.69 Å². The molecule has 0 spiro atoms. The summed E-state index contributed by atoms with van der Waals surface area (Å²) >= 11 is 0. The first-order valence-electron chi connectivity index (χ1n) is 4.63. The van der Waals surface area contributed by atoms with Crippen LogP contribution in [0.4, 0.5) is 10.1 Å². The maximum absolute atomic E-state index is 13.7. The molecular formula is C11H10FNO4. The van der Waals surface area contributed by atoms with Crippen LogP contribution in [-0.4, -0.2) is 18.0 Å². The highest BCUT2D eigenvalue weighted by Gasteiger charge is 2.21. The number of hydrogen-bond acceptors (Lipinski definition) is 4. The molecule has 0 unspecified atom stereocenters. The molecule has 5 nitrogen and oxygen atoms in total. The van der Waals surface area contributed by atoms with Crippen molar-refractivity contribution in [3.63, 3.8) is 0 Å². The van der Waals surface area contributed by atoms with Crippen LogP contribution in [0.2, 0.25) is 0 Å². The normalized spacial score (nSPS) is 11.6. The monoisotopic (exact) mass is 239 g/mol.